The van der Waals surface area contributed by atoms with Gasteiger partial charge < -0.3 is 5.32 Å². The van der Waals surface area contributed by atoms with E-state index in [2.05, 4.69) is 19.9 Å². The van der Waals surface area contributed by atoms with Gasteiger partial charge in [0.25, 0.3) is 0 Å². The van der Waals surface area contributed by atoms with Crippen molar-refractivity contribution in [2.45, 2.75) is 5.75 Å². The maximum Gasteiger partial charge on any atom is 0.215 e. The van der Waals surface area contributed by atoms with E-state index in [-0.39, 0.29) is 30.6 Å². The highest BCUT2D eigenvalue weighted by Gasteiger charge is 2.15. The summed E-state index contributed by atoms with van der Waals surface area (Å²) in [6.07, 6.45) is 1.69. The lowest BCUT2D eigenvalue weighted by molar-refractivity contribution is 0.245. The second-order valence-corrected chi connectivity index (χ2v) is 7.54. The Morgan fingerprint density at radius 2 is 1.84 bits per heavy atom. The number of aromatic nitrogens is 1. The van der Waals surface area contributed by atoms with Gasteiger partial charge in [-0.05, 0) is 11.6 Å². The molecule has 0 unspecified atom stereocenters. The molecule has 6 nitrogen and oxygen atoms in total. The summed E-state index contributed by atoms with van der Waals surface area (Å²) < 4.78 is 27.3. The van der Waals surface area contributed by atoms with E-state index < -0.39 is 10.0 Å². The van der Waals surface area contributed by atoms with Crippen LogP contribution < -0.4 is 10.0 Å². The predicted octanol–water partition coefficient (Wildman–Crippen LogP) is 1.40. The highest BCUT2D eigenvalue weighted by molar-refractivity contribution is 7.88. The van der Waals surface area contributed by atoms with Crippen molar-refractivity contribution in [3.63, 3.8) is 0 Å². The summed E-state index contributed by atoms with van der Waals surface area (Å²) in [4.78, 5) is 6.57. The SMILES string of the molecule is Cl.Cl.O=S(=O)(Cc1cccc2cccnc12)NCCN1CCNCC1. The van der Waals surface area contributed by atoms with Crippen molar-refractivity contribution in [1.29, 1.82) is 0 Å². The van der Waals surface area contributed by atoms with Crippen molar-refractivity contribution in [3.8, 4) is 0 Å². The average Bonchev–Trinajstić information content (AvgIpc) is 2.56. The Bertz CT molecular complexity index is 762. The largest absolute Gasteiger partial charge is 0.314 e. The number of hydrogen-bond acceptors (Lipinski definition) is 5. The molecular formula is C16H24Cl2N4O2S. The van der Waals surface area contributed by atoms with Crippen molar-refractivity contribution >= 4 is 45.7 Å². The summed E-state index contributed by atoms with van der Waals surface area (Å²) in [6, 6.07) is 9.43. The zero-order chi connectivity index (χ0) is 16.1. The molecule has 2 aromatic rings. The highest BCUT2D eigenvalue weighted by Crippen LogP contribution is 2.17. The minimum absolute atomic E-state index is 0. The van der Waals surface area contributed by atoms with Gasteiger partial charge in [-0.2, -0.15) is 0 Å². The number of sulfonamides is 1. The molecule has 25 heavy (non-hydrogen) atoms. The maximum absolute atomic E-state index is 12.3. The molecule has 0 amide bonds. The minimum Gasteiger partial charge on any atom is -0.314 e. The van der Waals surface area contributed by atoms with Crippen LogP contribution in [-0.2, 0) is 15.8 Å². The van der Waals surface area contributed by atoms with Crippen LogP contribution >= 0.6 is 24.8 Å². The normalized spacial score (nSPS) is 15.4. The van der Waals surface area contributed by atoms with Gasteiger partial charge in [0.2, 0.25) is 10.0 Å². The number of halogens is 2. The first-order valence-corrected chi connectivity index (χ1v) is 9.52. The van der Waals surface area contributed by atoms with Crippen molar-refractivity contribution in [2.75, 3.05) is 39.3 Å². The average molecular weight is 407 g/mol. The molecule has 9 heteroatoms. The van der Waals surface area contributed by atoms with Crippen LogP contribution in [0.2, 0.25) is 0 Å². The number of rotatable bonds is 6. The Balaban J connectivity index is 0.00000156. The van der Waals surface area contributed by atoms with Gasteiger partial charge in [0.1, 0.15) is 0 Å². The summed E-state index contributed by atoms with van der Waals surface area (Å²) in [7, 11) is -3.36. The lowest BCUT2D eigenvalue weighted by Gasteiger charge is -2.27. The number of pyridine rings is 1. The molecule has 2 heterocycles. The third-order valence-electron chi connectivity index (χ3n) is 4.02. The lowest BCUT2D eigenvalue weighted by Crippen LogP contribution is -2.46. The molecule has 0 bridgehead atoms. The summed E-state index contributed by atoms with van der Waals surface area (Å²) in [5.74, 6) is -0.0388. The quantitative estimate of drug-likeness (QED) is 0.758. The van der Waals surface area contributed by atoms with E-state index in [9.17, 15) is 8.42 Å². The van der Waals surface area contributed by atoms with Crippen LogP contribution in [0, 0.1) is 0 Å². The zero-order valence-corrected chi connectivity index (χ0v) is 16.3. The molecule has 1 aliphatic rings. The molecule has 0 spiro atoms. The van der Waals surface area contributed by atoms with Crippen molar-refractivity contribution in [2.24, 2.45) is 0 Å². The summed E-state index contributed by atoms with van der Waals surface area (Å²) in [5, 5.41) is 4.24. The molecule has 1 aromatic heterocycles. The zero-order valence-electron chi connectivity index (χ0n) is 13.8. The van der Waals surface area contributed by atoms with Gasteiger partial charge in [0.05, 0.1) is 11.3 Å². The Labute approximate surface area is 161 Å². The molecule has 0 aliphatic carbocycles. The minimum atomic E-state index is -3.36. The monoisotopic (exact) mass is 406 g/mol. The Morgan fingerprint density at radius 1 is 1.12 bits per heavy atom. The van der Waals surface area contributed by atoms with Crippen LogP contribution in [0.25, 0.3) is 10.9 Å². The number of hydrogen-bond donors (Lipinski definition) is 2. The third kappa shape index (κ3) is 6.36. The maximum atomic E-state index is 12.3. The summed E-state index contributed by atoms with van der Waals surface area (Å²) >= 11 is 0. The van der Waals surface area contributed by atoms with Crippen LogP contribution in [0.5, 0.6) is 0 Å². The fourth-order valence-corrected chi connectivity index (χ4v) is 3.98. The van der Waals surface area contributed by atoms with Crippen molar-refractivity contribution in [1.82, 2.24) is 19.9 Å². The van der Waals surface area contributed by atoms with E-state index >= 15 is 0 Å². The molecule has 1 fully saturated rings. The number of fused-ring (bicyclic) bond motifs is 1. The second kappa shape index (κ2) is 10.3. The van der Waals surface area contributed by atoms with Crippen LogP contribution in [0.1, 0.15) is 5.56 Å². The molecule has 1 saturated heterocycles. The van der Waals surface area contributed by atoms with Gasteiger partial charge in [-0.25, -0.2) is 13.1 Å². The van der Waals surface area contributed by atoms with Crippen molar-refractivity contribution < 1.29 is 8.42 Å². The second-order valence-electron chi connectivity index (χ2n) is 5.74. The molecular weight excluding hydrogens is 383 g/mol. The van der Waals surface area contributed by atoms with Gasteiger partial charge in [-0.1, -0.05) is 24.3 Å². The summed E-state index contributed by atoms with van der Waals surface area (Å²) in [5.41, 5.74) is 1.49. The molecule has 3 rings (SSSR count). The van der Waals surface area contributed by atoms with E-state index in [1.54, 1.807) is 6.20 Å². The number of para-hydroxylation sites is 1. The first kappa shape index (κ1) is 22.1. The number of nitrogens with zero attached hydrogens (tertiary/aromatic N) is 2. The first-order chi connectivity index (χ1) is 11.1. The van der Waals surface area contributed by atoms with Crippen LogP contribution in [0.4, 0.5) is 0 Å². The molecule has 0 radical (unpaired) electrons. The Morgan fingerprint density at radius 3 is 2.60 bits per heavy atom. The topological polar surface area (TPSA) is 74.3 Å². The molecule has 140 valence electrons. The molecule has 1 aromatic carbocycles. The smallest absolute Gasteiger partial charge is 0.215 e. The number of piperazine rings is 1. The van der Waals surface area contributed by atoms with E-state index in [4.69, 9.17) is 0 Å². The van der Waals surface area contributed by atoms with Crippen LogP contribution in [0.3, 0.4) is 0 Å². The van der Waals surface area contributed by atoms with E-state index in [0.717, 1.165) is 49.2 Å². The fraction of sp³-hybridized carbons (Fsp3) is 0.438. The van der Waals surface area contributed by atoms with Crippen molar-refractivity contribution in [3.05, 3.63) is 42.1 Å². The first-order valence-electron chi connectivity index (χ1n) is 7.87. The fourth-order valence-electron chi connectivity index (χ4n) is 2.83. The summed E-state index contributed by atoms with van der Waals surface area (Å²) in [6.45, 7) is 5.06. The lowest BCUT2D eigenvalue weighted by atomic mass is 10.1. The molecule has 0 saturated carbocycles. The Hall–Kier alpha value is -0.960. The van der Waals surface area contributed by atoms with Gasteiger partial charge in [-0.15, -0.1) is 24.8 Å². The number of nitrogens with one attached hydrogen (secondary N) is 2. The van der Waals surface area contributed by atoms with Crippen LogP contribution in [0.15, 0.2) is 36.5 Å². The predicted molar refractivity (Wildman–Crippen MR) is 106 cm³/mol. The van der Waals surface area contributed by atoms with Gasteiger partial charge in [0, 0.05) is 50.9 Å². The third-order valence-corrected chi connectivity index (χ3v) is 5.36. The molecule has 2 N–H and O–H groups in total. The van der Waals surface area contributed by atoms with Gasteiger partial charge >= 0.3 is 0 Å². The van der Waals surface area contributed by atoms with E-state index in [1.807, 2.05) is 30.3 Å². The Kier molecular flexibility index (Phi) is 9.06. The van der Waals surface area contributed by atoms with E-state index in [1.165, 1.54) is 0 Å². The van der Waals surface area contributed by atoms with Crippen LogP contribution in [-0.4, -0.2) is 57.6 Å². The highest BCUT2D eigenvalue weighted by atomic mass is 35.5. The molecule has 0 atom stereocenters. The van der Waals surface area contributed by atoms with Gasteiger partial charge in [0.15, 0.2) is 0 Å². The van der Waals surface area contributed by atoms with Gasteiger partial charge in [-0.3, -0.25) is 9.88 Å². The van der Waals surface area contributed by atoms with E-state index in [0.29, 0.717) is 6.54 Å². The number of benzene rings is 1. The standard InChI is InChI=1S/C16H22N4O2S.2ClH/c21-23(22,19-9-12-20-10-7-17-8-11-20)13-15-4-1-3-14-5-2-6-18-16(14)15;;/h1-6,17,19H,7-13H2;2*1H. The molecule has 1 aliphatic heterocycles.